The van der Waals surface area contributed by atoms with Gasteiger partial charge in [0, 0.05) is 0 Å². The molecule has 1 aliphatic carbocycles. The zero-order chi connectivity index (χ0) is 22.3. The second-order valence-corrected chi connectivity index (χ2v) is 8.94. The average molecular weight is 403 g/mol. The van der Waals surface area contributed by atoms with E-state index in [2.05, 4.69) is 0 Å². The van der Waals surface area contributed by atoms with E-state index in [-0.39, 0.29) is 18.4 Å². The van der Waals surface area contributed by atoms with Gasteiger partial charge in [-0.1, -0.05) is 39.8 Å². The van der Waals surface area contributed by atoms with Crippen LogP contribution in [0.15, 0.2) is 23.3 Å². The lowest BCUT2D eigenvalue weighted by Crippen LogP contribution is -2.47. The van der Waals surface area contributed by atoms with Crippen LogP contribution < -0.4 is 0 Å². The van der Waals surface area contributed by atoms with Crippen molar-refractivity contribution in [2.24, 2.45) is 28.6 Å². The zero-order valence-corrected chi connectivity index (χ0v) is 17.7. The SMILES string of the molecule is CC(C)C1=CC=C(C(C)C)C2N(C(=O)OCC3CC3)C1C(C#N)(C#N)C2(C#N)C#N. The largest absolute Gasteiger partial charge is 0.449 e. The lowest BCUT2D eigenvalue weighted by atomic mass is 9.59. The Bertz CT molecular complexity index is 881. The van der Waals surface area contributed by atoms with Crippen LogP contribution in [0.1, 0.15) is 40.5 Å². The maximum atomic E-state index is 13.3. The van der Waals surface area contributed by atoms with Gasteiger partial charge < -0.3 is 4.74 Å². The highest BCUT2D eigenvalue weighted by Crippen LogP contribution is 2.60. The topological polar surface area (TPSA) is 125 Å². The maximum absolute atomic E-state index is 13.3. The highest BCUT2D eigenvalue weighted by Gasteiger charge is 2.75. The number of rotatable bonds is 4. The molecule has 1 saturated heterocycles. The van der Waals surface area contributed by atoms with Crippen molar-refractivity contribution in [3.8, 4) is 24.3 Å². The smallest absolute Gasteiger partial charge is 0.410 e. The molecule has 0 aromatic carbocycles. The first-order valence-electron chi connectivity index (χ1n) is 10.3. The predicted octanol–water partition coefficient (Wildman–Crippen LogP) is 3.83. The molecule has 3 rings (SSSR count). The molecule has 2 aliphatic heterocycles. The minimum absolute atomic E-state index is 0.119. The lowest BCUT2D eigenvalue weighted by molar-refractivity contribution is 0.0832. The van der Waals surface area contributed by atoms with Gasteiger partial charge in [-0.2, -0.15) is 21.0 Å². The number of nitrogens with zero attached hydrogens (tertiary/aromatic N) is 5. The highest BCUT2D eigenvalue weighted by atomic mass is 16.6. The van der Waals surface area contributed by atoms with Crippen LogP contribution >= 0.6 is 0 Å². The molecule has 0 aromatic rings. The number of fused-ring (bicyclic) bond motifs is 2. The van der Waals surface area contributed by atoms with Gasteiger partial charge in [-0.25, -0.2) is 4.79 Å². The molecule has 1 saturated carbocycles. The summed E-state index contributed by atoms with van der Waals surface area (Å²) < 4.78 is 5.56. The van der Waals surface area contributed by atoms with Crippen LogP contribution in [0.25, 0.3) is 0 Å². The van der Waals surface area contributed by atoms with E-state index in [9.17, 15) is 25.8 Å². The summed E-state index contributed by atoms with van der Waals surface area (Å²) in [6, 6.07) is 5.92. The third-order valence-electron chi connectivity index (χ3n) is 6.49. The predicted molar refractivity (Wildman–Crippen MR) is 107 cm³/mol. The number of hydrogen-bond acceptors (Lipinski definition) is 6. The minimum atomic E-state index is -2.04. The molecule has 0 aromatic heterocycles. The Morgan fingerprint density at radius 1 is 0.967 bits per heavy atom. The van der Waals surface area contributed by atoms with Crippen molar-refractivity contribution < 1.29 is 9.53 Å². The molecule has 0 spiro atoms. The van der Waals surface area contributed by atoms with E-state index in [1.807, 2.05) is 64.1 Å². The standard InChI is InChI=1S/C23H25N5O2/c1-14(2)17-7-8-18(15(3)4)20-23(12-26,13-27)22(10-24,11-25)19(17)28(20)21(29)30-9-16-5-6-16/h7-8,14-16,19-20H,5-6,9H2,1-4H3. The van der Waals surface area contributed by atoms with Crippen LogP contribution in [-0.2, 0) is 4.74 Å². The van der Waals surface area contributed by atoms with Crippen molar-refractivity contribution >= 4 is 6.09 Å². The summed E-state index contributed by atoms with van der Waals surface area (Å²) in [6.07, 6.45) is 4.99. The second kappa shape index (κ2) is 7.51. The molecule has 3 aliphatic rings. The van der Waals surface area contributed by atoms with Crippen molar-refractivity contribution in [1.29, 1.82) is 21.0 Å². The molecule has 2 fully saturated rings. The summed E-state index contributed by atoms with van der Waals surface area (Å²) in [6.45, 7) is 7.87. The molecular weight excluding hydrogens is 378 g/mol. The van der Waals surface area contributed by atoms with E-state index in [1.165, 1.54) is 4.90 Å². The Hall–Kier alpha value is -3.29. The van der Waals surface area contributed by atoms with E-state index < -0.39 is 29.0 Å². The minimum Gasteiger partial charge on any atom is -0.449 e. The van der Waals surface area contributed by atoms with Gasteiger partial charge in [0.1, 0.15) is 0 Å². The molecule has 2 heterocycles. The molecule has 0 radical (unpaired) electrons. The van der Waals surface area contributed by atoms with Gasteiger partial charge in [0.05, 0.1) is 43.0 Å². The second-order valence-electron chi connectivity index (χ2n) is 8.94. The van der Waals surface area contributed by atoms with E-state index >= 15 is 0 Å². The Labute approximate surface area is 177 Å². The number of carbonyl (C=O) groups is 1. The van der Waals surface area contributed by atoms with Crippen molar-refractivity contribution in [3.05, 3.63) is 23.3 Å². The number of nitriles is 4. The van der Waals surface area contributed by atoms with Crippen molar-refractivity contribution in [3.63, 3.8) is 0 Å². The van der Waals surface area contributed by atoms with Gasteiger partial charge in [-0.05, 0) is 41.7 Å². The average Bonchev–Trinajstić information content (AvgIpc) is 3.52. The van der Waals surface area contributed by atoms with E-state index in [0.717, 1.165) is 12.8 Å². The normalized spacial score (nSPS) is 25.9. The summed E-state index contributed by atoms with van der Waals surface area (Å²) in [5.41, 5.74) is -2.75. The quantitative estimate of drug-likeness (QED) is 0.702. The first-order valence-corrected chi connectivity index (χ1v) is 10.3. The van der Waals surface area contributed by atoms with Gasteiger partial charge in [-0.3, -0.25) is 4.90 Å². The first kappa shape index (κ1) is 21.4. The molecule has 1 amide bonds. The molecule has 7 heteroatoms. The van der Waals surface area contributed by atoms with Gasteiger partial charge in [-0.15, -0.1) is 0 Å². The van der Waals surface area contributed by atoms with Crippen LogP contribution in [0.4, 0.5) is 4.79 Å². The van der Waals surface area contributed by atoms with Crippen molar-refractivity contribution in [2.45, 2.75) is 52.6 Å². The van der Waals surface area contributed by atoms with Crippen molar-refractivity contribution in [2.75, 3.05) is 6.61 Å². The number of carbonyl (C=O) groups excluding carboxylic acids is 1. The van der Waals surface area contributed by atoms with Crippen LogP contribution in [0.3, 0.4) is 0 Å². The third-order valence-corrected chi connectivity index (χ3v) is 6.49. The van der Waals surface area contributed by atoms with Gasteiger partial charge in [0.2, 0.25) is 10.8 Å². The van der Waals surface area contributed by atoms with Crippen molar-refractivity contribution in [1.82, 2.24) is 4.90 Å². The molecule has 7 nitrogen and oxygen atoms in total. The van der Waals surface area contributed by atoms with Gasteiger partial charge in [0.15, 0.2) is 0 Å². The van der Waals surface area contributed by atoms with E-state index in [0.29, 0.717) is 17.1 Å². The van der Waals surface area contributed by atoms with E-state index in [4.69, 9.17) is 4.74 Å². The molecule has 2 bridgehead atoms. The number of allylic oxidation sites excluding steroid dienone is 2. The van der Waals surface area contributed by atoms with Crippen LogP contribution in [0.2, 0.25) is 0 Å². The summed E-state index contributed by atoms with van der Waals surface area (Å²) in [5, 5.41) is 40.8. The van der Waals surface area contributed by atoms with E-state index in [1.54, 1.807) is 0 Å². The third kappa shape index (κ3) is 2.78. The van der Waals surface area contributed by atoms with Crippen LogP contribution in [0.5, 0.6) is 0 Å². The fraction of sp³-hybridized carbons (Fsp3) is 0.609. The molecule has 30 heavy (non-hydrogen) atoms. The number of hydrogen-bond donors (Lipinski definition) is 0. The van der Waals surface area contributed by atoms with Crippen LogP contribution in [0, 0.1) is 73.9 Å². The molecule has 2 unspecified atom stereocenters. The first-order chi connectivity index (χ1) is 14.2. The zero-order valence-electron chi connectivity index (χ0n) is 17.7. The molecule has 154 valence electrons. The summed E-state index contributed by atoms with van der Waals surface area (Å²) >= 11 is 0. The summed E-state index contributed by atoms with van der Waals surface area (Å²) in [4.78, 5) is 14.7. The number of amides is 1. The van der Waals surface area contributed by atoms with Crippen LogP contribution in [-0.4, -0.2) is 29.7 Å². The maximum Gasteiger partial charge on any atom is 0.410 e. The molecule has 0 N–H and O–H groups in total. The Kier molecular flexibility index (Phi) is 5.36. The highest BCUT2D eigenvalue weighted by molar-refractivity contribution is 5.74. The summed E-state index contributed by atoms with van der Waals surface area (Å²) in [5.74, 6) is 0.0880. The lowest BCUT2D eigenvalue weighted by Gasteiger charge is -2.33. The van der Waals surface area contributed by atoms with Gasteiger partial charge in [0.25, 0.3) is 0 Å². The number of ether oxygens (including phenoxy) is 1. The molecular formula is C23H25N5O2. The fourth-order valence-corrected chi connectivity index (χ4v) is 4.62. The molecule has 2 atom stereocenters. The fourth-order valence-electron chi connectivity index (χ4n) is 4.62. The summed E-state index contributed by atoms with van der Waals surface area (Å²) in [7, 11) is 0. The van der Waals surface area contributed by atoms with Gasteiger partial charge >= 0.3 is 6.09 Å². The Balaban J connectivity index is 2.32. The monoisotopic (exact) mass is 403 g/mol. The Morgan fingerprint density at radius 3 is 1.67 bits per heavy atom. The Morgan fingerprint density at radius 2 is 1.37 bits per heavy atom.